The monoisotopic (exact) mass is 387 g/mol. The van der Waals surface area contributed by atoms with Gasteiger partial charge in [-0.3, -0.25) is 4.98 Å². The zero-order valence-electron chi connectivity index (χ0n) is 17.7. The van der Waals surface area contributed by atoms with Gasteiger partial charge < -0.3 is 15.6 Å². The van der Waals surface area contributed by atoms with Crippen molar-refractivity contribution < 1.29 is 0 Å². The van der Waals surface area contributed by atoms with E-state index >= 15 is 0 Å². The number of anilines is 1. The van der Waals surface area contributed by atoms with Crippen molar-refractivity contribution in [3.8, 4) is 11.8 Å². The first-order valence-electron chi connectivity index (χ1n) is 10.1. The molecule has 1 aliphatic heterocycles. The predicted molar refractivity (Wildman–Crippen MR) is 120 cm³/mol. The summed E-state index contributed by atoms with van der Waals surface area (Å²) in [6.45, 7) is 10.8. The Hall–Kier alpha value is -3.13. The molecule has 0 saturated heterocycles. The van der Waals surface area contributed by atoms with Crippen molar-refractivity contribution in [2.75, 3.05) is 18.0 Å². The number of pyridine rings is 2. The number of aryl methyl sites for hydroxylation is 1. The Morgan fingerprint density at radius 1 is 1.31 bits per heavy atom. The topological polar surface area (TPSA) is 64.9 Å². The van der Waals surface area contributed by atoms with Crippen LogP contribution < -0.4 is 10.2 Å². The first kappa shape index (κ1) is 20.6. The van der Waals surface area contributed by atoms with E-state index < -0.39 is 0 Å². The molecule has 0 atom stereocenters. The maximum Gasteiger partial charge on any atom is 0.131 e. The second kappa shape index (κ2) is 9.38. The third-order valence-corrected chi connectivity index (χ3v) is 4.93. The lowest BCUT2D eigenvalue weighted by Gasteiger charge is -2.30. The number of allylic oxidation sites excluding steroid dienone is 1. The molecule has 5 heteroatoms. The zero-order valence-corrected chi connectivity index (χ0v) is 17.7. The van der Waals surface area contributed by atoms with Crippen LogP contribution >= 0.6 is 0 Å². The lowest BCUT2D eigenvalue weighted by Crippen LogP contribution is -2.32. The minimum absolute atomic E-state index is 0.555. The number of aromatic nitrogens is 2. The summed E-state index contributed by atoms with van der Waals surface area (Å²) in [5.74, 6) is 7.55. The van der Waals surface area contributed by atoms with Crippen LogP contribution in [0.2, 0.25) is 0 Å². The summed E-state index contributed by atoms with van der Waals surface area (Å²) in [4.78, 5) is 11.7. The summed E-state index contributed by atoms with van der Waals surface area (Å²) in [6.07, 6.45) is 7.92. The molecule has 0 unspecified atom stereocenters. The van der Waals surface area contributed by atoms with Crippen molar-refractivity contribution in [2.45, 2.75) is 40.7 Å². The lowest BCUT2D eigenvalue weighted by molar-refractivity contribution is 0.612. The highest BCUT2D eigenvalue weighted by molar-refractivity contribution is 6.08. The first-order chi connectivity index (χ1) is 14.0. The third-order valence-electron chi connectivity index (χ3n) is 4.93. The second-order valence-corrected chi connectivity index (χ2v) is 7.79. The van der Waals surface area contributed by atoms with Gasteiger partial charge in [-0.1, -0.05) is 19.8 Å². The molecular weight excluding hydrogens is 358 g/mol. The first-order valence-corrected chi connectivity index (χ1v) is 10.1. The van der Waals surface area contributed by atoms with Crippen molar-refractivity contribution in [3.63, 3.8) is 0 Å². The second-order valence-electron chi connectivity index (χ2n) is 7.79. The Morgan fingerprint density at radius 2 is 2.14 bits per heavy atom. The average molecular weight is 388 g/mol. The minimum Gasteiger partial charge on any atom is -0.390 e. The molecule has 2 aromatic heterocycles. The van der Waals surface area contributed by atoms with Crippen LogP contribution in [-0.4, -0.2) is 29.3 Å². The van der Waals surface area contributed by atoms with E-state index in [1.807, 2.05) is 25.5 Å². The van der Waals surface area contributed by atoms with Crippen LogP contribution in [0.5, 0.6) is 0 Å². The fraction of sp³-hybridized carbons (Fsp3) is 0.375. The largest absolute Gasteiger partial charge is 0.390 e. The lowest BCUT2D eigenvalue weighted by atomic mass is 10.0. The van der Waals surface area contributed by atoms with Gasteiger partial charge in [-0.2, -0.15) is 0 Å². The highest BCUT2D eigenvalue weighted by atomic mass is 15.2. The van der Waals surface area contributed by atoms with Crippen LogP contribution in [0.15, 0.2) is 30.7 Å². The molecule has 0 saturated carbocycles. The van der Waals surface area contributed by atoms with Crippen LogP contribution in [-0.2, 0) is 13.0 Å². The Kier molecular flexibility index (Phi) is 6.66. The fourth-order valence-electron chi connectivity index (χ4n) is 3.49. The Balaban J connectivity index is 1.83. The van der Waals surface area contributed by atoms with Gasteiger partial charge in [-0.05, 0) is 43.0 Å². The van der Waals surface area contributed by atoms with E-state index in [1.54, 1.807) is 0 Å². The number of nitrogens with zero attached hydrogens (tertiary/aromatic N) is 3. The van der Waals surface area contributed by atoms with Gasteiger partial charge in [0.15, 0.2) is 0 Å². The molecule has 0 amide bonds. The molecule has 0 aliphatic carbocycles. The SMILES string of the molecule is CC#Cc1cnc(N2CCc3ncc(/C(C=N)=C/NCC(C)C)cc3C2)c(C)c1. The summed E-state index contributed by atoms with van der Waals surface area (Å²) < 4.78 is 0. The van der Waals surface area contributed by atoms with Gasteiger partial charge in [0.1, 0.15) is 5.82 Å². The van der Waals surface area contributed by atoms with E-state index in [0.717, 1.165) is 59.8 Å². The predicted octanol–water partition coefficient (Wildman–Crippen LogP) is 3.96. The van der Waals surface area contributed by atoms with Gasteiger partial charge in [0.05, 0.1) is 0 Å². The Labute approximate surface area is 173 Å². The molecule has 0 bridgehead atoms. The molecule has 2 aromatic rings. The number of nitrogens with one attached hydrogen (secondary N) is 2. The summed E-state index contributed by atoms with van der Waals surface area (Å²) in [6, 6.07) is 4.26. The molecule has 3 heterocycles. The van der Waals surface area contributed by atoms with Gasteiger partial charge in [-0.25, -0.2) is 4.98 Å². The number of fused-ring (bicyclic) bond motifs is 1. The standard InChI is InChI=1S/C24H29N5/c1-5-6-19-9-18(4)24(28-13-19)29-8-7-23-21(16-29)10-20(15-27-23)22(11-25)14-26-12-17(2)3/h9-11,13-15,17,25-26H,7-8,12,16H2,1-4H3/b22-14+,25-11?. The highest BCUT2D eigenvalue weighted by Crippen LogP contribution is 2.26. The van der Waals surface area contributed by atoms with E-state index in [0.29, 0.717) is 5.92 Å². The number of hydrogen-bond acceptors (Lipinski definition) is 5. The smallest absolute Gasteiger partial charge is 0.131 e. The summed E-state index contributed by atoms with van der Waals surface area (Å²) in [7, 11) is 0. The van der Waals surface area contributed by atoms with Gasteiger partial charge in [-0.15, -0.1) is 5.92 Å². The highest BCUT2D eigenvalue weighted by Gasteiger charge is 2.20. The van der Waals surface area contributed by atoms with Crippen LogP contribution in [0, 0.1) is 30.1 Å². The molecule has 0 spiro atoms. The molecule has 0 aromatic carbocycles. The van der Waals surface area contributed by atoms with E-state index in [1.165, 1.54) is 11.8 Å². The molecule has 2 N–H and O–H groups in total. The Morgan fingerprint density at radius 3 is 2.83 bits per heavy atom. The van der Waals surface area contributed by atoms with Crippen LogP contribution in [0.1, 0.15) is 48.7 Å². The number of rotatable bonds is 6. The van der Waals surface area contributed by atoms with Crippen molar-refractivity contribution >= 4 is 17.6 Å². The quantitative estimate of drug-likeness (QED) is 0.582. The van der Waals surface area contributed by atoms with Crippen molar-refractivity contribution in [3.05, 3.63) is 58.7 Å². The van der Waals surface area contributed by atoms with Gasteiger partial charge in [0, 0.05) is 73.3 Å². The zero-order chi connectivity index (χ0) is 20.8. The van der Waals surface area contributed by atoms with Crippen LogP contribution in [0.4, 0.5) is 5.82 Å². The van der Waals surface area contributed by atoms with Crippen molar-refractivity contribution in [1.29, 1.82) is 5.41 Å². The molecule has 1 aliphatic rings. The normalized spacial score (nSPS) is 13.6. The van der Waals surface area contributed by atoms with Crippen LogP contribution in [0.25, 0.3) is 5.57 Å². The minimum atomic E-state index is 0.555. The van der Waals surface area contributed by atoms with Crippen molar-refractivity contribution in [1.82, 2.24) is 15.3 Å². The van der Waals surface area contributed by atoms with E-state index in [-0.39, 0.29) is 0 Å². The third kappa shape index (κ3) is 5.03. The molecule has 3 rings (SSSR count). The molecule has 29 heavy (non-hydrogen) atoms. The van der Waals surface area contributed by atoms with Gasteiger partial charge in [0.25, 0.3) is 0 Å². The average Bonchev–Trinajstić information content (AvgIpc) is 2.70. The van der Waals surface area contributed by atoms with Gasteiger partial charge >= 0.3 is 0 Å². The van der Waals surface area contributed by atoms with E-state index in [4.69, 9.17) is 5.41 Å². The molecular formula is C24H29N5. The molecule has 150 valence electrons. The summed E-state index contributed by atoms with van der Waals surface area (Å²) >= 11 is 0. The maximum atomic E-state index is 7.79. The maximum absolute atomic E-state index is 7.79. The van der Waals surface area contributed by atoms with E-state index in [2.05, 4.69) is 64.9 Å². The Bertz CT molecular complexity index is 978. The number of hydrogen-bond donors (Lipinski definition) is 2. The van der Waals surface area contributed by atoms with Crippen molar-refractivity contribution in [2.24, 2.45) is 5.92 Å². The fourth-order valence-corrected chi connectivity index (χ4v) is 3.49. The molecule has 0 fully saturated rings. The molecule has 0 radical (unpaired) electrons. The van der Waals surface area contributed by atoms with Gasteiger partial charge in [0.2, 0.25) is 0 Å². The summed E-state index contributed by atoms with van der Waals surface area (Å²) in [5, 5.41) is 11.1. The van der Waals surface area contributed by atoms with E-state index in [9.17, 15) is 0 Å². The molecule has 5 nitrogen and oxygen atoms in total. The van der Waals surface area contributed by atoms with Crippen LogP contribution in [0.3, 0.4) is 0 Å². The summed E-state index contributed by atoms with van der Waals surface area (Å²) in [5.41, 5.74) is 6.23.